The summed E-state index contributed by atoms with van der Waals surface area (Å²) in [5.41, 5.74) is 7.03. The maximum absolute atomic E-state index is 13.9. The molecule has 0 amide bonds. The first kappa shape index (κ1) is 16.7. The van der Waals surface area contributed by atoms with Gasteiger partial charge in [-0.3, -0.25) is 4.79 Å². The maximum atomic E-state index is 13.9. The highest BCUT2D eigenvalue weighted by Crippen LogP contribution is 2.34. The number of rotatable bonds is 4. The zero-order valence-electron chi connectivity index (χ0n) is 14.7. The van der Waals surface area contributed by atoms with Crippen LogP contribution < -0.4 is 11.3 Å². The van der Waals surface area contributed by atoms with E-state index in [1.54, 1.807) is 6.07 Å². The summed E-state index contributed by atoms with van der Waals surface area (Å²) in [4.78, 5) is 27.5. The third-order valence-corrected chi connectivity index (χ3v) is 4.95. The molecule has 0 aliphatic heterocycles. The molecule has 2 aromatic heterocycles. The lowest BCUT2D eigenvalue weighted by Crippen LogP contribution is -2.20. The Morgan fingerprint density at radius 2 is 2.04 bits per heavy atom. The Balaban J connectivity index is 2.13. The largest absolute Gasteiger partial charge is 0.340 e. The average molecular weight is 353 g/mol. The number of fused-ring (bicyclic) bond motifs is 6. The number of imidazole rings is 1. The van der Waals surface area contributed by atoms with Gasteiger partial charge in [0.2, 0.25) is 0 Å². The highest BCUT2D eigenvalue weighted by Gasteiger charge is 2.26. The summed E-state index contributed by atoms with van der Waals surface area (Å²) in [6.07, 6.45) is 3.12. The zero-order chi connectivity index (χ0) is 18.5. The second-order valence-electron chi connectivity index (χ2n) is 7.23. The second kappa shape index (κ2) is 5.88. The van der Waals surface area contributed by atoms with E-state index in [2.05, 4.69) is 28.8 Å². The number of hydrogen-bond acceptors (Lipinski definition) is 4. The molecule has 0 aliphatic rings. The van der Waals surface area contributed by atoms with Gasteiger partial charge < -0.3 is 15.7 Å². The molecule has 26 heavy (non-hydrogen) atoms. The van der Waals surface area contributed by atoms with Crippen molar-refractivity contribution < 1.29 is 4.39 Å². The monoisotopic (exact) mass is 353 g/mol. The van der Waals surface area contributed by atoms with Crippen molar-refractivity contribution in [1.29, 1.82) is 0 Å². The summed E-state index contributed by atoms with van der Waals surface area (Å²) >= 11 is 0. The number of aromatic nitrogens is 4. The van der Waals surface area contributed by atoms with Gasteiger partial charge >= 0.3 is 0 Å². The summed E-state index contributed by atoms with van der Waals surface area (Å²) in [5.74, 6) is 0.404. The molecule has 4 N–H and O–H groups in total. The molecule has 4 rings (SSSR count). The first-order chi connectivity index (χ1) is 12.4. The van der Waals surface area contributed by atoms with Crippen LogP contribution in [0.1, 0.15) is 32.5 Å². The summed E-state index contributed by atoms with van der Waals surface area (Å²) in [6.45, 7) is 4.82. The average Bonchev–Trinajstić information content (AvgIpc) is 3.06. The van der Waals surface area contributed by atoms with E-state index in [0.29, 0.717) is 33.9 Å². The highest BCUT2D eigenvalue weighted by molar-refractivity contribution is 6.21. The van der Waals surface area contributed by atoms with Crippen molar-refractivity contribution >= 4 is 32.7 Å². The Morgan fingerprint density at radius 3 is 2.81 bits per heavy atom. The Kier molecular flexibility index (Phi) is 3.77. The smallest absolute Gasteiger partial charge is 0.259 e. The van der Waals surface area contributed by atoms with Crippen LogP contribution in [0.15, 0.2) is 29.3 Å². The molecule has 0 atom stereocenters. The van der Waals surface area contributed by atoms with E-state index in [9.17, 15) is 9.18 Å². The summed E-state index contributed by atoms with van der Waals surface area (Å²) in [6, 6.07) is 4.41. The van der Waals surface area contributed by atoms with Gasteiger partial charge in [0.15, 0.2) is 0 Å². The number of halogens is 1. The van der Waals surface area contributed by atoms with Crippen LogP contribution in [0, 0.1) is 5.82 Å². The van der Waals surface area contributed by atoms with Crippen LogP contribution in [0.5, 0.6) is 0 Å². The van der Waals surface area contributed by atoms with Gasteiger partial charge in [0.25, 0.3) is 5.56 Å². The number of nitrogens with zero attached hydrogens (tertiary/aromatic N) is 2. The van der Waals surface area contributed by atoms with Crippen LogP contribution in [0.25, 0.3) is 32.7 Å². The molecule has 4 aromatic rings. The van der Waals surface area contributed by atoms with Crippen molar-refractivity contribution in [2.24, 2.45) is 5.73 Å². The molecule has 7 heteroatoms. The van der Waals surface area contributed by atoms with Gasteiger partial charge in [0.1, 0.15) is 17.2 Å². The van der Waals surface area contributed by atoms with E-state index < -0.39 is 5.82 Å². The van der Waals surface area contributed by atoms with Crippen LogP contribution in [-0.4, -0.2) is 26.5 Å². The molecule has 6 nitrogen and oxygen atoms in total. The van der Waals surface area contributed by atoms with E-state index in [1.165, 1.54) is 18.5 Å². The van der Waals surface area contributed by atoms with E-state index in [-0.39, 0.29) is 11.0 Å². The van der Waals surface area contributed by atoms with Gasteiger partial charge in [-0.2, -0.15) is 0 Å². The third kappa shape index (κ3) is 2.47. The lowest BCUT2D eigenvalue weighted by Gasteiger charge is -2.21. The first-order valence-corrected chi connectivity index (χ1v) is 8.61. The van der Waals surface area contributed by atoms with Gasteiger partial charge in [-0.05, 0) is 37.6 Å². The molecular formula is C19H20FN5O. The van der Waals surface area contributed by atoms with E-state index >= 15 is 0 Å². The topological polar surface area (TPSA) is 100 Å². The third-order valence-electron chi connectivity index (χ3n) is 4.95. The van der Waals surface area contributed by atoms with Crippen molar-refractivity contribution in [3.63, 3.8) is 0 Å². The predicted molar refractivity (Wildman–Crippen MR) is 101 cm³/mol. The Labute approximate surface area is 148 Å². The predicted octanol–water partition coefficient (Wildman–Crippen LogP) is 3.11. The van der Waals surface area contributed by atoms with Crippen LogP contribution in [-0.2, 0) is 5.41 Å². The van der Waals surface area contributed by atoms with E-state index in [1.807, 2.05) is 0 Å². The molecule has 0 saturated heterocycles. The Hall–Kier alpha value is -2.80. The molecule has 2 aromatic carbocycles. The van der Waals surface area contributed by atoms with Crippen molar-refractivity contribution in [1.82, 2.24) is 19.9 Å². The standard InChI is InChI=1S/C19H20FN5O/c1-19(2,6-3-7-21)18-24-14-11-5-4-10(20)8-12(11)13-15(16(14)25-18)22-9-23-17(13)26/h4-5,8-9H,3,6-7,21H2,1-2H3,(H,24,25)(H,22,23,26). The number of nitrogens with two attached hydrogens (primary N) is 1. The summed E-state index contributed by atoms with van der Waals surface area (Å²) in [7, 11) is 0. The minimum atomic E-state index is -0.402. The molecule has 0 unspecified atom stereocenters. The molecule has 0 spiro atoms. The van der Waals surface area contributed by atoms with Crippen LogP contribution in [0.4, 0.5) is 4.39 Å². The molecule has 0 saturated carbocycles. The number of benzene rings is 2. The highest BCUT2D eigenvalue weighted by atomic mass is 19.1. The number of aromatic amines is 2. The normalized spacial score (nSPS) is 12.5. The van der Waals surface area contributed by atoms with Crippen molar-refractivity contribution in [2.45, 2.75) is 32.1 Å². The minimum absolute atomic E-state index is 0.210. The molecule has 2 heterocycles. The number of hydrogen-bond donors (Lipinski definition) is 3. The lowest BCUT2D eigenvalue weighted by atomic mass is 9.87. The first-order valence-electron chi connectivity index (χ1n) is 8.61. The number of H-pyrrole nitrogens is 2. The SMILES string of the molecule is CC(C)(CCCN)c1nc2c3ccc(F)cc3c3c(=O)[nH]cnc3c2[nH]1. The molecule has 0 bridgehead atoms. The van der Waals surface area contributed by atoms with E-state index in [0.717, 1.165) is 24.1 Å². The summed E-state index contributed by atoms with van der Waals surface area (Å²) in [5, 5.41) is 1.61. The van der Waals surface area contributed by atoms with Crippen molar-refractivity contribution in [3.8, 4) is 0 Å². The van der Waals surface area contributed by atoms with Crippen molar-refractivity contribution in [2.75, 3.05) is 6.54 Å². The Morgan fingerprint density at radius 1 is 1.23 bits per heavy atom. The van der Waals surface area contributed by atoms with E-state index in [4.69, 9.17) is 10.7 Å². The second-order valence-corrected chi connectivity index (χ2v) is 7.23. The molecule has 0 radical (unpaired) electrons. The molecular weight excluding hydrogens is 333 g/mol. The zero-order valence-corrected chi connectivity index (χ0v) is 14.7. The van der Waals surface area contributed by atoms with Crippen LogP contribution in [0.2, 0.25) is 0 Å². The maximum Gasteiger partial charge on any atom is 0.259 e. The van der Waals surface area contributed by atoms with Gasteiger partial charge in [-0.1, -0.05) is 13.8 Å². The fraction of sp³-hybridized carbons (Fsp3) is 0.316. The van der Waals surface area contributed by atoms with Crippen LogP contribution >= 0.6 is 0 Å². The van der Waals surface area contributed by atoms with Gasteiger partial charge in [-0.15, -0.1) is 0 Å². The molecule has 0 fully saturated rings. The quantitative estimate of drug-likeness (QED) is 0.491. The number of nitrogens with one attached hydrogen (secondary N) is 2. The van der Waals surface area contributed by atoms with Crippen LogP contribution in [0.3, 0.4) is 0 Å². The Bertz CT molecular complexity index is 1190. The fourth-order valence-corrected chi connectivity index (χ4v) is 3.49. The minimum Gasteiger partial charge on any atom is -0.340 e. The van der Waals surface area contributed by atoms with Crippen molar-refractivity contribution in [3.05, 3.63) is 46.5 Å². The van der Waals surface area contributed by atoms with Gasteiger partial charge in [0.05, 0.1) is 22.7 Å². The fourth-order valence-electron chi connectivity index (χ4n) is 3.49. The molecule has 134 valence electrons. The molecule has 0 aliphatic carbocycles. The van der Waals surface area contributed by atoms with Gasteiger partial charge in [-0.25, -0.2) is 14.4 Å². The lowest BCUT2D eigenvalue weighted by molar-refractivity contribution is 0.443. The van der Waals surface area contributed by atoms with Gasteiger partial charge in [0, 0.05) is 16.2 Å². The summed E-state index contributed by atoms with van der Waals surface area (Å²) < 4.78 is 13.9.